The van der Waals surface area contributed by atoms with Crippen molar-refractivity contribution in [2.45, 2.75) is 0 Å². The molecule has 8 heteroatoms. The minimum atomic E-state index is -0.599. The number of benzene rings is 2. The molecule has 0 N–H and O–H groups in total. The highest BCUT2D eigenvalue weighted by Crippen LogP contribution is 2.33. The first-order valence-corrected chi connectivity index (χ1v) is 8.51. The first kappa shape index (κ1) is 17.1. The summed E-state index contributed by atoms with van der Waals surface area (Å²) in [6.45, 7) is 2.29. The molecule has 6 nitrogen and oxygen atoms in total. The average Bonchev–Trinajstić information content (AvgIpc) is 2.67. The molecule has 0 unspecified atom stereocenters. The highest BCUT2D eigenvalue weighted by atomic mass is 19.1. The lowest BCUT2D eigenvalue weighted by atomic mass is 10.1. The van der Waals surface area contributed by atoms with Crippen LogP contribution in [0.3, 0.4) is 0 Å². The maximum atomic E-state index is 14.0. The van der Waals surface area contributed by atoms with E-state index >= 15 is 0 Å². The highest BCUT2D eigenvalue weighted by Gasteiger charge is 2.23. The Morgan fingerprint density at radius 3 is 2.30 bits per heavy atom. The summed E-state index contributed by atoms with van der Waals surface area (Å²) in [6.07, 6.45) is 1.61. The van der Waals surface area contributed by atoms with E-state index in [9.17, 15) is 18.9 Å². The molecule has 4 rings (SSSR count). The zero-order chi connectivity index (χ0) is 19.0. The van der Waals surface area contributed by atoms with Crippen LogP contribution in [0.15, 0.2) is 48.7 Å². The SMILES string of the molecule is O=[N+]([O-])c1ccc(N2CCN(c3ccc(F)cc3F)CC2)c2ncccc12. The van der Waals surface area contributed by atoms with Gasteiger partial charge in [-0.3, -0.25) is 15.1 Å². The zero-order valence-electron chi connectivity index (χ0n) is 14.3. The number of anilines is 2. The summed E-state index contributed by atoms with van der Waals surface area (Å²) in [5.41, 5.74) is 1.79. The summed E-state index contributed by atoms with van der Waals surface area (Å²) in [5.74, 6) is -1.18. The van der Waals surface area contributed by atoms with Crippen molar-refractivity contribution in [3.8, 4) is 0 Å². The molecule has 3 aromatic rings. The molecule has 2 aromatic carbocycles. The van der Waals surface area contributed by atoms with Crippen molar-refractivity contribution in [2.75, 3.05) is 36.0 Å². The second-order valence-corrected chi connectivity index (χ2v) is 6.33. The number of halogens is 2. The largest absolute Gasteiger partial charge is 0.366 e. The van der Waals surface area contributed by atoms with E-state index in [2.05, 4.69) is 9.88 Å². The number of aromatic nitrogens is 1. The van der Waals surface area contributed by atoms with Crippen LogP contribution in [0, 0.1) is 21.7 Å². The minimum Gasteiger partial charge on any atom is -0.366 e. The van der Waals surface area contributed by atoms with Gasteiger partial charge in [0.15, 0.2) is 0 Å². The van der Waals surface area contributed by atoms with Crippen LogP contribution >= 0.6 is 0 Å². The van der Waals surface area contributed by atoms with E-state index in [0.717, 1.165) is 11.8 Å². The predicted octanol–water partition coefficient (Wildman–Crippen LogP) is 3.75. The number of nitro groups is 1. The third-order valence-electron chi connectivity index (χ3n) is 4.79. The van der Waals surface area contributed by atoms with Crippen molar-refractivity contribution in [3.63, 3.8) is 0 Å². The van der Waals surface area contributed by atoms with E-state index in [0.29, 0.717) is 42.8 Å². The second-order valence-electron chi connectivity index (χ2n) is 6.33. The Labute approximate surface area is 153 Å². The molecule has 0 radical (unpaired) electrons. The number of pyridine rings is 1. The van der Waals surface area contributed by atoms with Gasteiger partial charge in [-0.15, -0.1) is 0 Å². The normalized spacial score (nSPS) is 14.6. The van der Waals surface area contributed by atoms with E-state index in [-0.39, 0.29) is 5.69 Å². The smallest absolute Gasteiger partial charge is 0.278 e. The van der Waals surface area contributed by atoms with Gasteiger partial charge in [-0.25, -0.2) is 8.78 Å². The van der Waals surface area contributed by atoms with E-state index in [4.69, 9.17) is 0 Å². The topological polar surface area (TPSA) is 62.5 Å². The molecule has 0 saturated carbocycles. The van der Waals surface area contributed by atoms with Crippen LogP contribution in [0.4, 0.5) is 25.8 Å². The summed E-state index contributed by atoms with van der Waals surface area (Å²) in [5, 5.41) is 11.7. The molecule has 138 valence electrons. The summed E-state index contributed by atoms with van der Waals surface area (Å²) in [7, 11) is 0. The van der Waals surface area contributed by atoms with Crippen LogP contribution in [0.5, 0.6) is 0 Å². The number of nitro benzene ring substituents is 1. The Morgan fingerprint density at radius 1 is 0.963 bits per heavy atom. The van der Waals surface area contributed by atoms with Crippen molar-refractivity contribution < 1.29 is 13.7 Å². The maximum Gasteiger partial charge on any atom is 0.278 e. The number of hydrogen-bond donors (Lipinski definition) is 0. The molecule has 1 aliphatic heterocycles. The minimum absolute atomic E-state index is 0.0221. The molecular formula is C19H16F2N4O2. The third kappa shape index (κ3) is 3.14. The Balaban J connectivity index is 1.60. The fourth-order valence-corrected chi connectivity index (χ4v) is 3.48. The van der Waals surface area contributed by atoms with Crippen LogP contribution in [0.1, 0.15) is 0 Å². The lowest BCUT2D eigenvalue weighted by Crippen LogP contribution is -2.47. The number of piperazine rings is 1. The average molecular weight is 370 g/mol. The van der Waals surface area contributed by atoms with Crippen LogP contribution in [0.25, 0.3) is 10.9 Å². The number of hydrogen-bond acceptors (Lipinski definition) is 5. The Hall–Kier alpha value is -3.29. The van der Waals surface area contributed by atoms with Gasteiger partial charge in [0.2, 0.25) is 0 Å². The monoisotopic (exact) mass is 370 g/mol. The van der Waals surface area contributed by atoms with Crippen LogP contribution in [-0.2, 0) is 0 Å². The van der Waals surface area contributed by atoms with Gasteiger partial charge in [0.05, 0.1) is 21.7 Å². The van der Waals surface area contributed by atoms with Crippen LogP contribution in [-0.4, -0.2) is 36.1 Å². The molecule has 1 saturated heterocycles. The van der Waals surface area contributed by atoms with Gasteiger partial charge in [0, 0.05) is 44.5 Å². The maximum absolute atomic E-state index is 14.0. The molecular weight excluding hydrogens is 354 g/mol. The molecule has 0 aliphatic carbocycles. The zero-order valence-corrected chi connectivity index (χ0v) is 14.3. The van der Waals surface area contributed by atoms with Gasteiger partial charge in [0.1, 0.15) is 17.2 Å². The van der Waals surface area contributed by atoms with Gasteiger partial charge in [-0.05, 0) is 30.3 Å². The molecule has 1 aliphatic rings. The quantitative estimate of drug-likeness (QED) is 0.519. The van der Waals surface area contributed by atoms with E-state index in [1.807, 2.05) is 4.90 Å². The summed E-state index contributed by atoms with van der Waals surface area (Å²) in [6, 6.07) is 10.1. The fourth-order valence-electron chi connectivity index (χ4n) is 3.48. The van der Waals surface area contributed by atoms with Gasteiger partial charge in [0.25, 0.3) is 5.69 Å². The van der Waals surface area contributed by atoms with Crippen molar-refractivity contribution in [3.05, 3.63) is 70.4 Å². The molecule has 0 atom stereocenters. The molecule has 0 spiro atoms. The lowest BCUT2D eigenvalue weighted by Gasteiger charge is -2.37. The first-order valence-electron chi connectivity index (χ1n) is 8.51. The molecule has 1 fully saturated rings. The van der Waals surface area contributed by atoms with Gasteiger partial charge in [-0.1, -0.05) is 0 Å². The Bertz CT molecular complexity index is 1020. The Kier molecular flexibility index (Phi) is 4.31. The molecule has 27 heavy (non-hydrogen) atoms. The van der Waals surface area contributed by atoms with Gasteiger partial charge < -0.3 is 9.80 Å². The van der Waals surface area contributed by atoms with E-state index in [1.165, 1.54) is 18.2 Å². The van der Waals surface area contributed by atoms with Gasteiger partial charge in [-0.2, -0.15) is 0 Å². The number of fused-ring (bicyclic) bond motifs is 1. The molecule has 0 amide bonds. The van der Waals surface area contributed by atoms with Gasteiger partial charge >= 0.3 is 0 Å². The lowest BCUT2D eigenvalue weighted by molar-refractivity contribution is -0.383. The summed E-state index contributed by atoms with van der Waals surface area (Å²) >= 11 is 0. The van der Waals surface area contributed by atoms with Crippen molar-refractivity contribution in [1.82, 2.24) is 4.98 Å². The Morgan fingerprint density at radius 2 is 1.63 bits per heavy atom. The van der Waals surface area contributed by atoms with Crippen molar-refractivity contribution >= 4 is 28.0 Å². The van der Waals surface area contributed by atoms with E-state index < -0.39 is 16.6 Å². The predicted molar refractivity (Wildman–Crippen MR) is 99.2 cm³/mol. The standard InChI is InChI=1S/C19H16F2N4O2/c20-13-3-4-17(15(21)12-13)23-8-10-24(11-9-23)18-6-5-16(25(26)27)14-2-1-7-22-19(14)18/h1-7,12H,8-11H2. The number of non-ortho nitro benzene ring substituents is 1. The fraction of sp³-hybridized carbons (Fsp3) is 0.211. The second kappa shape index (κ2) is 6.79. The molecule has 1 aromatic heterocycles. The third-order valence-corrected chi connectivity index (χ3v) is 4.79. The number of rotatable bonds is 3. The van der Waals surface area contributed by atoms with Crippen LogP contribution in [0.2, 0.25) is 0 Å². The highest BCUT2D eigenvalue weighted by molar-refractivity contribution is 5.97. The molecule has 2 heterocycles. The van der Waals surface area contributed by atoms with Crippen molar-refractivity contribution in [1.29, 1.82) is 0 Å². The van der Waals surface area contributed by atoms with Crippen molar-refractivity contribution in [2.24, 2.45) is 0 Å². The first-order chi connectivity index (χ1) is 13.0. The van der Waals surface area contributed by atoms with E-state index in [1.54, 1.807) is 24.4 Å². The van der Waals surface area contributed by atoms with Crippen LogP contribution < -0.4 is 9.80 Å². The number of nitrogens with zero attached hydrogens (tertiary/aromatic N) is 4. The summed E-state index contributed by atoms with van der Waals surface area (Å²) in [4.78, 5) is 19.1. The summed E-state index contributed by atoms with van der Waals surface area (Å²) < 4.78 is 27.1. The molecule has 0 bridgehead atoms.